The molecular weight excluding hydrogens is 332 g/mol. The molecule has 1 saturated heterocycles. The van der Waals surface area contributed by atoms with E-state index in [0.29, 0.717) is 17.3 Å². The summed E-state index contributed by atoms with van der Waals surface area (Å²) in [4.78, 5) is 42.8. The number of hydrogen-bond acceptors (Lipinski definition) is 4. The highest BCUT2D eigenvalue weighted by Crippen LogP contribution is 2.22. The third-order valence-electron chi connectivity index (χ3n) is 3.51. The molecule has 0 aromatic heterocycles. The number of carbonyl (C=O) groups excluding carboxylic acids is 3. The van der Waals surface area contributed by atoms with Gasteiger partial charge >= 0.3 is 6.03 Å². The van der Waals surface area contributed by atoms with Crippen LogP contribution in [0.2, 0.25) is 5.02 Å². The molecule has 1 unspecified atom stereocenters. The van der Waals surface area contributed by atoms with E-state index in [1.165, 1.54) is 11.1 Å². The minimum atomic E-state index is -1.11. The number of barbiturate groups is 1. The first-order valence-corrected chi connectivity index (χ1v) is 8.01. The average molecular weight is 352 g/mol. The van der Waals surface area contributed by atoms with Crippen LogP contribution in [0.25, 0.3) is 0 Å². The van der Waals surface area contributed by atoms with Crippen molar-refractivity contribution in [1.29, 1.82) is 0 Å². The number of imide groups is 2. The summed E-state index contributed by atoms with van der Waals surface area (Å²) >= 11 is 5.81. The SMILES string of the molecule is C[NH+](C)CCCN=CC1C(=O)NC(=O)N(c2ccc(Cl)cc2)C1=O. The molecule has 0 spiro atoms. The fourth-order valence-electron chi connectivity index (χ4n) is 2.26. The van der Waals surface area contributed by atoms with Crippen molar-refractivity contribution in [2.45, 2.75) is 6.42 Å². The van der Waals surface area contributed by atoms with Crippen LogP contribution in [0.4, 0.5) is 10.5 Å². The van der Waals surface area contributed by atoms with Crippen molar-refractivity contribution in [2.75, 3.05) is 32.1 Å². The van der Waals surface area contributed by atoms with Crippen molar-refractivity contribution >= 4 is 41.3 Å². The summed E-state index contributed by atoms with van der Waals surface area (Å²) in [5.74, 6) is -2.38. The Labute approximate surface area is 145 Å². The Hall–Kier alpha value is -2.25. The fourth-order valence-corrected chi connectivity index (χ4v) is 2.39. The molecule has 0 bridgehead atoms. The number of carbonyl (C=O) groups is 3. The Morgan fingerprint density at radius 1 is 1.25 bits per heavy atom. The number of nitrogens with one attached hydrogen (secondary N) is 2. The van der Waals surface area contributed by atoms with Gasteiger partial charge in [0.05, 0.1) is 26.3 Å². The van der Waals surface area contributed by atoms with E-state index in [1.54, 1.807) is 24.3 Å². The van der Waals surface area contributed by atoms with Crippen LogP contribution in [0.15, 0.2) is 29.3 Å². The van der Waals surface area contributed by atoms with E-state index >= 15 is 0 Å². The molecular formula is C16H20ClN4O3+. The summed E-state index contributed by atoms with van der Waals surface area (Å²) in [7, 11) is 4.08. The third kappa shape index (κ3) is 4.39. The molecule has 4 amide bonds. The molecule has 1 aromatic rings. The molecule has 2 rings (SSSR count). The normalized spacial score (nSPS) is 18.6. The summed E-state index contributed by atoms with van der Waals surface area (Å²) in [5.41, 5.74) is 0.351. The van der Waals surface area contributed by atoms with Gasteiger partial charge in [-0.05, 0) is 24.3 Å². The zero-order valence-corrected chi connectivity index (χ0v) is 14.3. The molecule has 128 valence electrons. The number of quaternary nitrogens is 1. The highest BCUT2D eigenvalue weighted by molar-refractivity contribution is 6.33. The summed E-state index contributed by atoms with van der Waals surface area (Å²) in [6, 6.07) is 5.46. The molecule has 1 heterocycles. The van der Waals surface area contributed by atoms with Gasteiger partial charge in [0.2, 0.25) is 5.91 Å². The second-order valence-corrected chi connectivity index (χ2v) is 6.22. The molecule has 0 radical (unpaired) electrons. The van der Waals surface area contributed by atoms with Crippen LogP contribution in [0.3, 0.4) is 0 Å². The van der Waals surface area contributed by atoms with Gasteiger partial charge in [0.15, 0.2) is 5.92 Å². The van der Waals surface area contributed by atoms with E-state index in [4.69, 9.17) is 11.6 Å². The largest absolute Gasteiger partial charge is 0.340 e. The van der Waals surface area contributed by atoms with Gasteiger partial charge in [-0.1, -0.05) is 11.6 Å². The quantitative estimate of drug-likeness (QED) is 0.434. The molecule has 8 heteroatoms. The number of halogens is 1. The molecule has 1 aromatic carbocycles. The van der Waals surface area contributed by atoms with Gasteiger partial charge in [0.1, 0.15) is 0 Å². The van der Waals surface area contributed by atoms with Gasteiger partial charge in [-0.2, -0.15) is 0 Å². The van der Waals surface area contributed by atoms with Gasteiger partial charge in [0, 0.05) is 24.2 Å². The van der Waals surface area contributed by atoms with E-state index in [9.17, 15) is 14.4 Å². The first kappa shape index (κ1) is 18.1. The van der Waals surface area contributed by atoms with Gasteiger partial charge in [-0.25, -0.2) is 9.69 Å². The van der Waals surface area contributed by atoms with Crippen LogP contribution >= 0.6 is 11.6 Å². The Kier molecular flexibility index (Phi) is 6.05. The van der Waals surface area contributed by atoms with E-state index in [1.807, 2.05) is 14.1 Å². The molecule has 1 atom stereocenters. The van der Waals surface area contributed by atoms with Crippen LogP contribution in [0, 0.1) is 5.92 Å². The van der Waals surface area contributed by atoms with Gasteiger partial charge in [0.25, 0.3) is 5.91 Å². The number of amides is 4. The molecule has 1 aliphatic rings. The topological polar surface area (TPSA) is 83.3 Å². The predicted octanol–water partition coefficient (Wildman–Crippen LogP) is 0.144. The highest BCUT2D eigenvalue weighted by atomic mass is 35.5. The number of hydrogen-bond donors (Lipinski definition) is 2. The predicted molar refractivity (Wildman–Crippen MR) is 91.6 cm³/mol. The molecule has 24 heavy (non-hydrogen) atoms. The fraction of sp³-hybridized carbons (Fsp3) is 0.375. The maximum atomic E-state index is 12.5. The van der Waals surface area contributed by atoms with Crippen molar-refractivity contribution in [3.8, 4) is 0 Å². The van der Waals surface area contributed by atoms with Crippen LogP contribution in [-0.4, -0.2) is 51.2 Å². The zero-order chi connectivity index (χ0) is 17.7. The number of urea groups is 1. The lowest BCUT2D eigenvalue weighted by molar-refractivity contribution is -0.858. The van der Waals surface area contributed by atoms with E-state index in [2.05, 4.69) is 10.3 Å². The zero-order valence-electron chi connectivity index (χ0n) is 13.6. The van der Waals surface area contributed by atoms with E-state index < -0.39 is 23.8 Å². The van der Waals surface area contributed by atoms with Crippen LogP contribution in [0.1, 0.15) is 6.42 Å². The van der Waals surface area contributed by atoms with E-state index in [0.717, 1.165) is 17.9 Å². The van der Waals surface area contributed by atoms with Crippen LogP contribution in [-0.2, 0) is 9.59 Å². The monoisotopic (exact) mass is 351 g/mol. The summed E-state index contributed by atoms with van der Waals surface area (Å²) in [5, 5.41) is 2.67. The van der Waals surface area contributed by atoms with Crippen molar-refractivity contribution in [3.05, 3.63) is 29.3 Å². The number of nitrogens with zero attached hydrogens (tertiary/aromatic N) is 2. The Bertz CT molecular complexity index is 658. The standard InChI is InChI=1S/C16H19ClN4O3/c1-20(2)9-3-8-18-10-13-14(22)19-16(24)21(15(13)23)12-6-4-11(17)5-7-12/h4-7,10,13H,3,8-9H2,1-2H3,(H,19,22,24)/p+1. The van der Waals surface area contributed by atoms with Crippen LogP contribution in [0.5, 0.6) is 0 Å². The van der Waals surface area contributed by atoms with Crippen molar-refractivity contribution < 1.29 is 19.3 Å². The lowest BCUT2D eigenvalue weighted by Crippen LogP contribution is -3.05. The lowest BCUT2D eigenvalue weighted by atomic mass is 10.1. The third-order valence-corrected chi connectivity index (χ3v) is 3.76. The first-order valence-electron chi connectivity index (χ1n) is 7.63. The Morgan fingerprint density at radius 2 is 1.92 bits per heavy atom. The maximum absolute atomic E-state index is 12.5. The molecule has 0 aliphatic carbocycles. The van der Waals surface area contributed by atoms with E-state index in [-0.39, 0.29) is 0 Å². The Morgan fingerprint density at radius 3 is 2.54 bits per heavy atom. The average Bonchev–Trinajstić information content (AvgIpc) is 2.51. The molecule has 1 fully saturated rings. The maximum Gasteiger partial charge on any atom is 0.335 e. The van der Waals surface area contributed by atoms with Crippen molar-refractivity contribution in [3.63, 3.8) is 0 Å². The second kappa shape index (κ2) is 8.03. The smallest absolute Gasteiger partial charge is 0.335 e. The van der Waals surface area contributed by atoms with Crippen molar-refractivity contribution in [1.82, 2.24) is 5.32 Å². The molecule has 1 aliphatic heterocycles. The minimum Gasteiger partial charge on any atom is -0.340 e. The number of rotatable bonds is 6. The number of benzene rings is 1. The van der Waals surface area contributed by atoms with Gasteiger partial charge in [-0.15, -0.1) is 0 Å². The summed E-state index contributed by atoms with van der Waals surface area (Å²) < 4.78 is 0. The molecule has 2 N–H and O–H groups in total. The Balaban J connectivity index is 2.10. The summed E-state index contributed by atoms with van der Waals surface area (Å²) in [6.45, 7) is 1.47. The summed E-state index contributed by atoms with van der Waals surface area (Å²) in [6.07, 6.45) is 2.17. The first-order chi connectivity index (χ1) is 11.4. The number of anilines is 1. The molecule has 7 nitrogen and oxygen atoms in total. The van der Waals surface area contributed by atoms with Gasteiger partial charge < -0.3 is 4.90 Å². The highest BCUT2D eigenvalue weighted by Gasteiger charge is 2.40. The lowest BCUT2D eigenvalue weighted by Gasteiger charge is -2.28. The number of aliphatic imine (C=N–C) groups is 1. The van der Waals surface area contributed by atoms with Crippen LogP contribution < -0.4 is 15.1 Å². The van der Waals surface area contributed by atoms with Gasteiger partial charge in [-0.3, -0.25) is 19.9 Å². The van der Waals surface area contributed by atoms with Crippen molar-refractivity contribution in [2.24, 2.45) is 10.9 Å². The molecule has 0 saturated carbocycles. The second-order valence-electron chi connectivity index (χ2n) is 5.79. The minimum absolute atomic E-state index is 0.351.